The van der Waals surface area contributed by atoms with Crippen LogP contribution >= 0.6 is 0 Å². The Bertz CT molecular complexity index is 653. The fraction of sp³-hybridized carbons (Fsp3) is 0.533. The van der Waals surface area contributed by atoms with Gasteiger partial charge in [-0.15, -0.1) is 0 Å². The average Bonchev–Trinajstić information content (AvgIpc) is 3.04. The molecule has 2 unspecified atom stereocenters. The van der Waals surface area contributed by atoms with Crippen molar-refractivity contribution in [1.29, 1.82) is 0 Å². The van der Waals surface area contributed by atoms with E-state index >= 15 is 0 Å². The summed E-state index contributed by atoms with van der Waals surface area (Å²) in [5.74, 6) is -0.313. The van der Waals surface area contributed by atoms with Crippen molar-refractivity contribution >= 4 is 11.1 Å². The van der Waals surface area contributed by atoms with Crippen molar-refractivity contribution in [3.8, 4) is 0 Å². The highest BCUT2D eigenvalue weighted by Gasteiger charge is 2.20. The van der Waals surface area contributed by atoms with Gasteiger partial charge >= 0.3 is 5.76 Å². The zero-order chi connectivity index (χ0) is 14.1. The summed E-state index contributed by atoms with van der Waals surface area (Å²) in [6.07, 6.45) is 3.26. The summed E-state index contributed by atoms with van der Waals surface area (Å²) in [7, 11) is 0. The Morgan fingerprint density at radius 1 is 1.50 bits per heavy atom. The zero-order valence-corrected chi connectivity index (χ0v) is 11.7. The van der Waals surface area contributed by atoms with Crippen LogP contribution in [0.2, 0.25) is 0 Å². The third kappa shape index (κ3) is 2.39. The minimum atomic E-state index is -0.313. The third-order valence-electron chi connectivity index (χ3n) is 3.98. The van der Waals surface area contributed by atoms with Crippen molar-refractivity contribution in [3.05, 3.63) is 34.3 Å². The number of nitrogens with two attached hydrogens (primary N) is 1. The predicted molar refractivity (Wildman–Crippen MR) is 76.7 cm³/mol. The van der Waals surface area contributed by atoms with Gasteiger partial charge in [0, 0.05) is 19.2 Å². The van der Waals surface area contributed by atoms with Gasteiger partial charge in [-0.1, -0.05) is 6.07 Å². The molecule has 0 saturated carbocycles. The van der Waals surface area contributed by atoms with Crippen LogP contribution in [0.15, 0.2) is 27.4 Å². The number of hydrogen-bond acceptors (Lipinski definition) is 4. The second kappa shape index (κ2) is 5.42. The molecule has 5 heteroatoms. The van der Waals surface area contributed by atoms with E-state index in [0.29, 0.717) is 12.1 Å². The fourth-order valence-electron chi connectivity index (χ4n) is 2.86. The predicted octanol–water partition coefficient (Wildman–Crippen LogP) is 2.18. The number of benzene rings is 1. The summed E-state index contributed by atoms with van der Waals surface area (Å²) in [4.78, 5) is 11.7. The maximum Gasteiger partial charge on any atom is 0.419 e. The molecule has 1 saturated heterocycles. The van der Waals surface area contributed by atoms with E-state index < -0.39 is 0 Å². The van der Waals surface area contributed by atoms with Crippen LogP contribution in [0.5, 0.6) is 0 Å². The van der Waals surface area contributed by atoms with Gasteiger partial charge in [0.15, 0.2) is 5.58 Å². The maximum absolute atomic E-state index is 11.7. The third-order valence-corrected chi connectivity index (χ3v) is 3.98. The summed E-state index contributed by atoms with van der Waals surface area (Å²) in [6, 6.07) is 5.68. The number of fused-ring (bicyclic) bond motifs is 1. The minimum absolute atomic E-state index is 0.0854. The Morgan fingerprint density at radius 3 is 3.05 bits per heavy atom. The van der Waals surface area contributed by atoms with E-state index in [1.54, 1.807) is 4.57 Å². The van der Waals surface area contributed by atoms with E-state index in [0.717, 1.165) is 36.9 Å². The van der Waals surface area contributed by atoms with Gasteiger partial charge in [-0.25, -0.2) is 4.79 Å². The van der Waals surface area contributed by atoms with Gasteiger partial charge in [0.2, 0.25) is 0 Å². The standard InChI is InChI=1S/C15H20N2O3/c1-2-17-13-6-5-10(8-14(13)20-15(17)18)12(16)9-11-4-3-7-19-11/h5-6,8,11-12H,2-4,7,9,16H2,1H3. The average molecular weight is 276 g/mol. The highest BCUT2D eigenvalue weighted by Crippen LogP contribution is 2.25. The molecule has 2 atom stereocenters. The topological polar surface area (TPSA) is 70.4 Å². The molecule has 2 N–H and O–H groups in total. The van der Waals surface area contributed by atoms with Crippen molar-refractivity contribution in [1.82, 2.24) is 4.57 Å². The molecule has 0 bridgehead atoms. The van der Waals surface area contributed by atoms with Crippen LogP contribution in [0.4, 0.5) is 0 Å². The minimum Gasteiger partial charge on any atom is -0.408 e. The van der Waals surface area contributed by atoms with Crippen molar-refractivity contribution in [3.63, 3.8) is 0 Å². The molecule has 2 heterocycles. The molecule has 1 fully saturated rings. The second-order valence-electron chi connectivity index (χ2n) is 5.32. The van der Waals surface area contributed by atoms with E-state index in [-0.39, 0.29) is 17.9 Å². The molecule has 20 heavy (non-hydrogen) atoms. The number of ether oxygens (including phenoxy) is 1. The Kier molecular flexibility index (Phi) is 3.63. The van der Waals surface area contributed by atoms with E-state index in [2.05, 4.69) is 0 Å². The smallest absolute Gasteiger partial charge is 0.408 e. The largest absolute Gasteiger partial charge is 0.419 e. The van der Waals surface area contributed by atoms with Gasteiger partial charge < -0.3 is 14.9 Å². The SMILES string of the molecule is CCn1c(=O)oc2cc(C(N)CC3CCCO3)ccc21. The first-order valence-corrected chi connectivity index (χ1v) is 7.19. The summed E-state index contributed by atoms with van der Waals surface area (Å²) in [5, 5.41) is 0. The van der Waals surface area contributed by atoms with Crippen LogP contribution in [-0.2, 0) is 11.3 Å². The number of nitrogens with zero attached hydrogens (tertiary/aromatic N) is 1. The van der Waals surface area contributed by atoms with E-state index in [4.69, 9.17) is 14.9 Å². The molecule has 0 aliphatic carbocycles. The Balaban J connectivity index is 1.86. The normalized spacial score (nSPS) is 20.6. The summed E-state index contributed by atoms with van der Waals surface area (Å²) >= 11 is 0. The number of aromatic nitrogens is 1. The van der Waals surface area contributed by atoms with Crippen molar-refractivity contribution < 1.29 is 9.15 Å². The second-order valence-corrected chi connectivity index (χ2v) is 5.32. The van der Waals surface area contributed by atoms with Crippen molar-refractivity contribution in [2.45, 2.75) is 44.9 Å². The lowest BCUT2D eigenvalue weighted by Crippen LogP contribution is -2.18. The number of aryl methyl sites for hydroxylation is 1. The molecule has 5 nitrogen and oxygen atoms in total. The van der Waals surface area contributed by atoms with Gasteiger partial charge in [0.05, 0.1) is 11.6 Å². The molecule has 1 aromatic heterocycles. The molecule has 1 aromatic carbocycles. The van der Waals surface area contributed by atoms with E-state index in [1.807, 2.05) is 25.1 Å². The van der Waals surface area contributed by atoms with Gasteiger partial charge in [-0.2, -0.15) is 0 Å². The van der Waals surface area contributed by atoms with Crippen LogP contribution in [-0.4, -0.2) is 17.3 Å². The molecular weight excluding hydrogens is 256 g/mol. The van der Waals surface area contributed by atoms with Crippen LogP contribution < -0.4 is 11.5 Å². The number of hydrogen-bond donors (Lipinski definition) is 1. The lowest BCUT2D eigenvalue weighted by molar-refractivity contribution is 0.0983. The van der Waals surface area contributed by atoms with E-state index in [1.165, 1.54) is 0 Å². The van der Waals surface area contributed by atoms with Crippen LogP contribution in [0.25, 0.3) is 11.1 Å². The fourth-order valence-corrected chi connectivity index (χ4v) is 2.86. The Labute approximate surface area is 117 Å². The van der Waals surface area contributed by atoms with Gasteiger partial charge in [-0.3, -0.25) is 4.57 Å². The maximum atomic E-state index is 11.7. The lowest BCUT2D eigenvalue weighted by atomic mass is 10.00. The molecule has 0 amide bonds. The zero-order valence-electron chi connectivity index (χ0n) is 11.7. The van der Waals surface area contributed by atoms with Gasteiger partial charge in [0.25, 0.3) is 0 Å². The molecule has 2 aromatic rings. The monoisotopic (exact) mass is 276 g/mol. The van der Waals surface area contributed by atoms with Crippen LogP contribution in [0, 0.1) is 0 Å². The molecule has 1 aliphatic rings. The molecule has 3 rings (SSSR count). The molecule has 0 spiro atoms. The quantitative estimate of drug-likeness (QED) is 0.929. The van der Waals surface area contributed by atoms with Crippen molar-refractivity contribution in [2.24, 2.45) is 5.73 Å². The highest BCUT2D eigenvalue weighted by molar-refractivity contribution is 5.73. The summed E-state index contributed by atoms with van der Waals surface area (Å²) < 4.78 is 12.5. The van der Waals surface area contributed by atoms with Gasteiger partial charge in [0.1, 0.15) is 0 Å². The molecule has 1 aliphatic heterocycles. The van der Waals surface area contributed by atoms with Crippen molar-refractivity contribution in [2.75, 3.05) is 6.61 Å². The van der Waals surface area contributed by atoms with Crippen LogP contribution in [0.3, 0.4) is 0 Å². The van der Waals surface area contributed by atoms with Gasteiger partial charge in [-0.05, 0) is 43.9 Å². The number of oxazole rings is 1. The Morgan fingerprint density at radius 2 is 2.35 bits per heavy atom. The summed E-state index contributed by atoms with van der Waals surface area (Å²) in [6.45, 7) is 3.37. The molecule has 108 valence electrons. The molecule has 0 radical (unpaired) electrons. The Hall–Kier alpha value is -1.59. The van der Waals surface area contributed by atoms with E-state index in [9.17, 15) is 4.79 Å². The first-order chi connectivity index (χ1) is 9.69. The first-order valence-electron chi connectivity index (χ1n) is 7.19. The van der Waals surface area contributed by atoms with Crippen LogP contribution in [0.1, 0.15) is 37.8 Å². The highest BCUT2D eigenvalue weighted by atomic mass is 16.5. The summed E-state index contributed by atoms with van der Waals surface area (Å²) in [5.41, 5.74) is 8.66. The lowest BCUT2D eigenvalue weighted by Gasteiger charge is -2.16. The number of rotatable bonds is 4. The first kappa shape index (κ1) is 13.4. The molecular formula is C15H20N2O3.